The van der Waals surface area contributed by atoms with Gasteiger partial charge in [0.25, 0.3) is 0 Å². The van der Waals surface area contributed by atoms with Crippen LogP contribution < -0.4 is 5.19 Å². The molecule has 0 saturated heterocycles. The van der Waals surface area contributed by atoms with E-state index in [0.29, 0.717) is 17.4 Å². The van der Waals surface area contributed by atoms with Crippen molar-refractivity contribution in [2.45, 2.75) is 39.3 Å². The minimum atomic E-state index is -1.74. The smallest absolute Gasteiger partial charge is 0.153 e. The highest BCUT2D eigenvalue weighted by molar-refractivity contribution is 6.94. The summed E-state index contributed by atoms with van der Waals surface area (Å²) in [4.78, 5) is 11.1. The van der Waals surface area contributed by atoms with Gasteiger partial charge in [0.15, 0.2) is 6.29 Å². The highest BCUT2D eigenvalue weighted by Gasteiger charge is 2.27. The molecule has 0 aliphatic rings. The van der Waals surface area contributed by atoms with Crippen LogP contribution in [0.4, 0.5) is 0 Å². The lowest BCUT2D eigenvalue weighted by Gasteiger charge is -2.26. The normalized spacial score (nSPS) is 12.6. The number of phenols is 1. The number of rotatable bonds is 3. The molecule has 0 amide bonds. The van der Waals surface area contributed by atoms with Gasteiger partial charge in [-0.05, 0) is 17.0 Å². The fourth-order valence-electron chi connectivity index (χ4n) is 1.79. The van der Waals surface area contributed by atoms with Gasteiger partial charge in [-0.1, -0.05) is 45.1 Å². The number of phenolic OH excluding ortho intramolecular Hbond substituents is 1. The molecule has 1 aromatic carbocycles. The van der Waals surface area contributed by atoms with Crippen LogP contribution >= 0.6 is 11.6 Å². The summed E-state index contributed by atoms with van der Waals surface area (Å²) in [7, 11) is -1.74. The highest BCUT2D eigenvalue weighted by atomic mass is 35.5. The quantitative estimate of drug-likeness (QED) is 0.526. The van der Waals surface area contributed by atoms with Gasteiger partial charge in [0.05, 0.1) is 13.6 Å². The zero-order chi connectivity index (χ0) is 14.1. The van der Waals surface area contributed by atoms with Crippen molar-refractivity contribution in [1.82, 2.24) is 0 Å². The molecule has 100 valence electrons. The molecule has 1 aromatic rings. The molecule has 0 unspecified atom stereocenters. The summed E-state index contributed by atoms with van der Waals surface area (Å²) >= 11 is 6.04. The van der Waals surface area contributed by atoms with Crippen LogP contribution in [0.25, 0.3) is 0 Å². The van der Waals surface area contributed by atoms with Crippen molar-refractivity contribution >= 4 is 31.1 Å². The SMILES string of the molecule is CC(C)(C)c1cc([Si](C)(C)CCl)cc(C=O)c1O. The molecule has 0 radical (unpaired) electrons. The Hall–Kier alpha value is -0.803. The summed E-state index contributed by atoms with van der Waals surface area (Å²) in [6, 6.07) is 3.79. The maximum Gasteiger partial charge on any atom is 0.153 e. The topological polar surface area (TPSA) is 37.3 Å². The minimum Gasteiger partial charge on any atom is -0.507 e. The second kappa shape index (κ2) is 5.06. The van der Waals surface area contributed by atoms with Crippen LogP contribution in [-0.2, 0) is 5.41 Å². The maximum atomic E-state index is 11.1. The van der Waals surface area contributed by atoms with Crippen LogP contribution in [0.2, 0.25) is 13.1 Å². The van der Waals surface area contributed by atoms with E-state index in [1.807, 2.05) is 26.8 Å². The summed E-state index contributed by atoms with van der Waals surface area (Å²) in [6.45, 7) is 10.4. The van der Waals surface area contributed by atoms with Crippen LogP contribution in [0, 0.1) is 0 Å². The number of hydrogen-bond acceptors (Lipinski definition) is 2. The summed E-state index contributed by atoms with van der Waals surface area (Å²) in [6.07, 6.45) is 0.715. The van der Waals surface area contributed by atoms with Crippen molar-refractivity contribution in [3.63, 3.8) is 0 Å². The van der Waals surface area contributed by atoms with E-state index in [4.69, 9.17) is 11.6 Å². The largest absolute Gasteiger partial charge is 0.507 e. The fraction of sp³-hybridized carbons (Fsp3) is 0.500. The Bertz CT molecular complexity index is 462. The molecule has 18 heavy (non-hydrogen) atoms. The first-order chi connectivity index (χ1) is 8.13. The molecule has 0 spiro atoms. The maximum absolute atomic E-state index is 11.1. The van der Waals surface area contributed by atoms with Gasteiger partial charge >= 0.3 is 0 Å². The number of aldehydes is 1. The van der Waals surface area contributed by atoms with Crippen LogP contribution in [0.1, 0.15) is 36.7 Å². The Morgan fingerprint density at radius 1 is 1.33 bits per heavy atom. The van der Waals surface area contributed by atoms with E-state index in [0.717, 1.165) is 10.8 Å². The first kappa shape index (κ1) is 15.3. The predicted octanol–water partition coefficient (Wildman–Crippen LogP) is 3.20. The van der Waals surface area contributed by atoms with E-state index < -0.39 is 8.07 Å². The number of hydrogen-bond donors (Lipinski definition) is 1. The van der Waals surface area contributed by atoms with Crippen molar-refractivity contribution in [1.29, 1.82) is 0 Å². The monoisotopic (exact) mass is 284 g/mol. The number of carbonyl (C=O) groups is 1. The summed E-state index contributed by atoms with van der Waals surface area (Å²) in [5, 5.41) is 11.3. The molecular weight excluding hydrogens is 264 g/mol. The Labute approximate surface area is 115 Å². The predicted molar refractivity (Wildman–Crippen MR) is 80.0 cm³/mol. The third-order valence-electron chi connectivity index (χ3n) is 3.19. The van der Waals surface area contributed by atoms with Crippen LogP contribution in [0.15, 0.2) is 12.1 Å². The average Bonchev–Trinajstić information content (AvgIpc) is 2.27. The van der Waals surface area contributed by atoms with E-state index in [9.17, 15) is 9.90 Å². The highest BCUT2D eigenvalue weighted by Crippen LogP contribution is 2.32. The van der Waals surface area contributed by atoms with E-state index in [-0.39, 0.29) is 11.2 Å². The van der Waals surface area contributed by atoms with Crippen LogP contribution in [0.3, 0.4) is 0 Å². The second-order valence-electron chi connectivity index (χ2n) is 6.35. The molecule has 1 rings (SSSR count). The van der Waals surface area contributed by atoms with Crippen LogP contribution in [0.5, 0.6) is 5.75 Å². The second-order valence-corrected chi connectivity index (χ2v) is 11.8. The van der Waals surface area contributed by atoms with Gasteiger partial charge in [-0.3, -0.25) is 4.79 Å². The number of halogens is 1. The van der Waals surface area contributed by atoms with E-state index >= 15 is 0 Å². The molecular formula is C14H21ClO2Si. The van der Waals surface area contributed by atoms with Crippen molar-refractivity contribution in [2.24, 2.45) is 0 Å². The van der Waals surface area contributed by atoms with Gasteiger partial charge in [-0.2, -0.15) is 0 Å². The summed E-state index contributed by atoms with van der Waals surface area (Å²) in [5.41, 5.74) is 1.57. The molecule has 4 heteroatoms. The number of aromatic hydroxyl groups is 1. The Morgan fingerprint density at radius 2 is 1.89 bits per heavy atom. The first-order valence-corrected chi connectivity index (χ1v) is 9.77. The van der Waals surface area contributed by atoms with Crippen molar-refractivity contribution in [3.8, 4) is 5.75 Å². The Balaban J connectivity index is 3.55. The molecule has 0 aromatic heterocycles. The Kier molecular flexibility index (Phi) is 4.29. The first-order valence-electron chi connectivity index (χ1n) is 6.02. The lowest BCUT2D eigenvalue weighted by atomic mass is 9.85. The minimum absolute atomic E-state index is 0.0978. The van der Waals surface area contributed by atoms with Crippen molar-refractivity contribution in [3.05, 3.63) is 23.3 Å². The standard InChI is InChI=1S/C14H21ClO2Si/c1-14(2,3)12-7-11(18(4,5)9-15)6-10(8-16)13(12)17/h6-8,17H,9H2,1-5H3. The average molecular weight is 285 g/mol. The zero-order valence-electron chi connectivity index (χ0n) is 11.7. The molecule has 0 bridgehead atoms. The van der Waals surface area contributed by atoms with Gasteiger partial charge in [0.2, 0.25) is 0 Å². The van der Waals surface area contributed by atoms with E-state index in [2.05, 4.69) is 13.1 Å². The van der Waals surface area contributed by atoms with Gasteiger partial charge in [-0.15, -0.1) is 11.6 Å². The third kappa shape index (κ3) is 2.95. The fourth-order valence-corrected chi connectivity index (χ4v) is 3.48. The lowest BCUT2D eigenvalue weighted by Crippen LogP contribution is -2.44. The number of benzene rings is 1. The van der Waals surface area contributed by atoms with Gasteiger partial charge < -0.3 is 5.11 Å². The Morgan fingerprint density at radius 3 is 2.28 bits per heavy atom. The molecule has 0 aliphatic heterocycles. The van der Waals surface area contributed by atoms with Gasteiger partial charge in [-0.25, -0.2) is 0 Å². The molecule has 1 N–H and O–H groups in total. The lowest BCUT2D eigenvalue weighted by molar-refractivity contribution is 0.112. The molecule has 0 fully saturated rings. The number of carbonyl (C=O) groups excluding carboxylic acids is 1. The van der Waals surface area contributed by atoms with Crippen molar-refractivity contribution in [2.75, 3.05) is 5.50 Å². The van der Waals surface area contributed by atoms with Gasteiger partial charge in [0.1, 0.15) is 5.75 Å². The molecule has 0 aliphatic carbocycles. The summed E-state index contributed by atoms with van der Waals surface area (Å²) < 4.78 is 0. The molecule has 0 atom stereocenters. The van der Waals surface area contributed by atoms with Crippen molar-refractivity contribution < 1.29 is 9.90 Å². The van der Waals surface area contributed by atoms with Crippen LogP contribution in [-0.4, -0.2) is 25.0 Å². The van der Waals surface area contributed by atoms with Gasteiger partial charge in [0, 0.05) is 5.50 Å². The zero-order valence-corrected chi connectivity index (χ0v) is 13.4. The van der Waals surface area contributed by atoms with E-state index in [1.54, 1.807) is 6.07 Å². The third-order valence-corrected chi connectivity index (χ3v) is 7.71. The number of alkyl halides is 1. The molecule has 0 heterocycles. The van der Waals surface area contributed by atoms with E-state index in [1.165, 1.54) is 0 Å². The summed E-state index contributed by atoms with van der Waals surface area (Å²) in [5.74, 6) is 0.0978. The molecule has 0 saturated carbocycles. The molecule has 2 nitrogen and oxygen atoms in total.